The minimum atomic E-state index is -4.34. The number of allylic oxidation sites excluding steroid dienone is 2. The number of esters is 2. The second kappa shape index (κ2) is 23.3. The van der Waals surface area contributed by atoms with Crippen molar-refractivity contribution in [3.63, 3.8) is 0 Å². The molecule has 10 heteroatoms. The molecule has 0 spiro atoms. The van der Waals surface area contributed by atoms with E-state index in [9.17, 15) is 19.0 Å². The van der Waals surface area contributed by atoms with Gasteiger partial charge in [0, 0.05) is 6.42 Å². The fraction of sp³-hybridized carbons (Fsp3) is 0.867. The van der Waals surface area contributed by atoms with Crippen LogP contribution < -0.4 is 0 Å². The van der Waals surface area contributed by atoms with Crippen LogP contribution in [0.2, 0.25) is 0 Å². The number of phosphoric acid groups is 1. The Morgan fingerprint density at radius 2 is 1.38 bits per heavy atom. The van der Waals surface area contributed by atoms with Gasteiger partial charge < -0.3 is 18.9 Å². The van der Waals surface area contributed by atoms with Gasteiger partial charge in [-0.3, -0.25) is 18.6 Å². The maximum atomic E-state index is 12.2. The Morgan fingerprint density at radius 3 is 1.93 bits per heavy atom. The molecule has 0 bridgehead atoms. The van der Waals surface area contributed by atoms with Gasteiger partial charge in [-0.2, -0.15) is 0 Å². The molecule has 0 saturated carbocycles. The molecule has 0 rings (SSSR count). The van der Waals surface area contributed by atoms with Crippen LogP contribution in [0.25, 0.3) is 0 Å². The summed E-state index contributed by atoms with van der Waals surface area (Å²) in [6, 6.07) is 0. The lowest BCUT2D eigenvalue weighted by molar-refractivity contribution is -0.870. The average Bonchev–Trinajstić information content (AvgIpc) is 2.86. The van der Waals surface area contributed by atoms with Crippen molar-refractivity contribution >= 4 is 19.8 Å². The number of hydrogen-bond donors (Lipinski definition) is 1. The Balaban J connectivity index is 4.14. The minimum Gasteiger partial charge on any atom is -0.462 e. The van der Waals surface area contributed by atoms with Gasteiger partial charge in [0.05, 0.1) is 33.7 Å². The summed E-state index contributed by atoms with van der Waals surface area (Å²) < 4.78 is 33.3. The Morgan fingerprint density at radius 1 is 0.825 bits per heavy atom. The quantitative estimate of drug-likeness (QED) is 0.0377. The highest BCUT2D eigenvalue weighted by molar-refractivity contribution is 7.47. The third-order valence-corrected chi connectivity index (χ3v) is 7.25. The van der Waals surface area contributed by atoms with E-state index < -0.39 is 38.4 Å². The largest absolute Gasteiger partial charge is 0.472 e. The lowest BCUT2D eigenvalue weighted by Gasteiger charge is -2.24. The summed E-state index contributed by atoms with van der Waals surface area (Å²) in [5, 5.41) is 0. The van der Waals surface area contributed by atoms with Crippen molar-refractivity contribution in [3.05, 3.63) is 12.2 Å². The first-order valence-electron chi connectivity index (χ1n) is 15.3. The van der Waals surface area contributed by atoms with Crippen LogP contribution in [-0.2, 0) is 32.7 Å². The zero-order valence-corrected chi connectivity index (χ0v) is 27.1. The molecule has 0 radical (unpaired) electrons. The predicted molar refractivity (Wildman–Crippen MR) is 160 cm³/mol. The average molecular weight is 593 g/mol. The summed E-state index contributed by atoms with van der Waals surface area (Å²) in [7, 11) is 1.45. The Hall–Kier alpha value is -1.25. The lowest BCUT2D eigenvalue weighted by Crippen LogP contribution is -2.37. The number of quaternary nitrogens is 1. The van der Waals surface area contributed by atoms with E-state index >= 15 is 0 Å². The van der Waals surface area contributed by atoms with Gasteiger partial charge in [-0.25, -0.2) is 4.57 Å². The smallest absolute Gasteiger partial charge is 0.462 e. The molecule has 0 amide bonds. The van der Waals surface area contributed by atoms with E-state index in [1.165, 1.54) is 44.9 Å². The summed E-state index contributed by atoms with van der Waals surface area (Å²) in [6.45, 7) is 5.45. The summed E-state index contributed by atoms with van der Waals surface area (Å²) in [5.41, 5.74) is 0. The normalized spacial score (nSPS) is 14.4. The SMILES string of the molecule is CCCCCCCCC=CCCCCCCCC(=O)OC[C@H](COP(=O)(O)OCC[N+](C)(C)C)OC(=O)C(C)C. The van der Waals surface area contributed by atoms with Crippen molar-refractivity contribution in [3.8, 4) is 0 Å². The van der Waals surface area contributed by atoms with Gasteiger partial charge in [0.2, 0.25) is 0 Å². The van der Waals surface area contributed by atoms with Gasteiger partial charge in [0.25, 0.3) is 0 Å². The van der Waals surface area contributed by atoms with Crippen LogP contribution in [0.4, 0.5) is 0 Å². The number of carbonyl (C=O) groups excluding carboxylic acids is 2. The number of phosphoric ester groups is 1. The van der Waals surface area contributed by atoms with Gasteiger partial charge in [0.1, 0.15) is 19.8 Å². The molecule has 0 aliphatic heterocycles. The van der Waals surface area contributed by atoms with Gasteiger partial charge in [0.15, 0.2) is 6.10 Å². The number of nitrogens with zero attached hydrogens (tertiary/aromatic N) is 1. The molecule has 0 heterocycles. The Kier molecular flexibility index (Phi) is 22.6. The van der Waals surface area contributed by atoms with Crippen molar-refractivity contribution < 1.29 is 42.1 Å². The van der Waals surface area contributed by atoms with Gasteiger partial charge in [-0.15, -0.1) is 0 Å². The zero-order chi connectivity index (χ0) is 30.3. The molecule has 0 fully saturated rings. The molecule has 0 aliphatic rings. The topological polar surface area (TPSA) is 108 Å². The summed E-state index contributed by atoms with van der Waals surface area (Å²) in [6.07, 6.45) is 19.2. The van der Waals surface area contributed by atoms with E-state index in [-0.39, 0.29) is 19.6 Å². The maximum Gasteiger partial charge on any atom is 0.472 e. The molecular formula is C30H59NO8P+. The third kappa shape index (κ3) is 25.7. The van der Waals surface area contributed by atoms with Crippen LogP contribution in [0, 0.1) is 5.92 Å². The predicted octanol–water partition coefficient (Wildman–Crippen LogP) is 6.97. The summed E-state index contributed by atoms with van der Waals surface area (Å²) in [4.78, 5) is 34.2. The van der Waals surface area contributed by atoms with Gasteiger partial charge in [-0.05, 0) is 32.1 Å². The fourth-order valence-electron chi connectivity index (χ4n) is 3.66. The number of ether oxygens (including phenoxy) is 2. The molecule has 0 aliphatic carbocycles. The lowest BCUT2D eigenvalue weighted by atomic mass is 10.1. The molecule has 2 atom stereocenters. The third-order valence-electron chi connectivity index (χ3n) is 6.27. The second-order valence-electron chi connectivity index (χ2n) is 11.8. The van der Waals surface area contributed by atoms with Gasteiger partial charge >= 0.3 is 19.8 Å². The van der Waals surface area contributed by atoms with E-state index in [1.807, 2.05) is 21.1 Å². The van der Waals surface area contributed by atoms with Crippen molar-refractivity contribution in [1.82, 2.24) is 0 Å². The molecule has 0 aromatic heterocycles. The van der Waals surface area contributed by atoms with E-state index in [0.29, 0.717) is 11.0 Å². The number of rotatable bonds is 26. The standard InChI is InChI=1S/C30H58NO8P/c1-7-8-9-10-11-12-13-14-15-16-17-18-19-20-21-22-29(32)36-25-28(39-30(33)27(2)3)26-38-40(34,35)37-24-23-31(4,5)6/h14-15,27-28H,7-13,16-26H2,1-6H3/p+1/t28-/m1/s1. The van der Waals surface area contributed by atoms with E-state index in [4.69, 9.17) is 18.5 Å². The number of hydrogen-bond acceptors (Lipinski definition) is 7. The van der Waals surface area contributed by atoms with Crippen LogP contribution in [0.15, 0.2) is 12.2 Å². The first-order chi connectivity index (χ1) is 18.9. The van der Waals surface area contributed by atoms with Crippen LogP contribution in [0.3, 0.4) is 0 Å². The summed E-state index contributed by atoms with van der Waals surface area (Å²) in [5.74, 6) is -1.31. The monoisotopic (exact) mass is 592 g/mol. The number of unbranched alkanes of at least 4 members (excludes halogenated alkanes) is 11. The first-order valence-corrected chi connectivity index (χ1v) is 16.8. The summed E-state index contributed by atoms with van der Waals surface area (Å²) >= 11 is 0. The first kappa shape index (κ1) is 38.8. The molecule has 9 nitrogen and oxygen atoms in total. The van der Waals surface area contributed by atoms with Crippen LogP contribution in [0.5, 0.6) is 0 Å². The zero-order valence-electron chi connectivity index (χ0n) is 26.2. The number of likely N-dealkylation sites (N-methyl/N-ethyl adjacent to an activating group) is 1. The molecule has 0 saturated heterocycles. The van der Waals surface area contributed by atoms with Crippen LogP contribution >= 0.6 is 7.82 Å². The van der Waals surface area contributed by atoms with Crippen molar-refractivity contribution in [2.45, 2.75) is 117 Å². The molecule has 1 unspecified atom stereocenters. The van der Waals surface area contributed by atoms with Crippen LogP contribution in [-0.4, -0.2) is 74.9 Å². The van der Waals surface area contributed by atoms with Crippen molar-refractivity contribution in [1.29, 1.82) is 0 Å². The van der Waals surface area contributed by atoms with Crippen molar-refractivity contribution in [2.24, 2.45) is 5.92 Å². The molecule has 1 N–H and O–H groups in total. The Labute approximate surface area is 244 Å². The molecular weight excluding hydrogens is 533 g/mol. The van der Waals surface area contributed by atoms with Crippen molar-refractivity contribution in [2.75, 3.05) is 47.5 Å². The number of carbonyl (C=O) groups is 2. The molecule has 0 aromatic rings. The highest BCUT2D eigenvalue weighted by atomic mass is 31.2. The van der Waals surface area contributed by atoms with Gasteiger partial charge in [-0.1, -0.05) is 84.3 Å². The molecule has 236 valence electrons. The van der Waals surface area contributed by atoms with E-state index in [1.54, 1.807) is 13.8 Å². The Bertz CT molecular complexity index is 736. The molecule has 0 aromatic carbocycles. The highest BCUT2D eigenvalue weighted by Crippen LogP contribution is 2.43. The minimum absolute atomic E-state index is 0.0265. The maximum absolute atomic E-state index is 12.2. The highest BCUT2D eigenvalue weighted by Gasteiger charge is 2.27. The van der Waals surface area contributed by atoms with Crippen LogP contribution in [0.1, 0.15) is 111 Å². The van der Waals surface area contributed by atoms with E-state index in [2.05, 4.69) is 19.1 Å². The molecule has 40 heavy (non-hydrogen) atoms. The fourth-order valence-corrected chi connectivity index (χ4v) is 4.40. The van der Waals surface area contributed by atoms with E-state index in [0.717, 1.165) is 38.5 Å². The second-order valence-corrected chi connectivity index (χ2v) is 13.3.